The molecule has 5 heteroatoms. The molecule has 1 N–H and O–H groups in total. The first-order valence-electron chi connectivity index (χ1n) is 6.12. The van der Waals surface area contributed by atoms with Gasteiger partial charge in [-0.05, 0) is 19.5 Å². The molecule has 1 aliphatic rings. The fraction of sp³-hybridized carbons (Fsp3) is 0.750. The normalized spacial score (nSPS) is 16.9. The molecule has 0 aromatic heterocycles. The number of carbonyl (C=O) groups excluding carboxylic acids is 1. The second-order valence-electron chi connectivity index (χ2n) is 4.24. The molecule has 1 aliphatic heterocycles. The quantitative estimate of drug-likeness (QED) is 0.713. The molecule has 5 nitrogen and oxygen atoms in total. The molecule has 1 amide bonds. The third-order valence-corrected chi connectivity index (χ3v) is 2.77. The fourth-order valence-corrected chi connectivity index (χ4v) is 1.93. The van der Waals surface area contributed by atoms with E-state index in [2.05, 4.69) is 16.8 Å². The highest BCUT2D eigenvalue weighted by molar-refractivity contribution is 5.67. The van der Waals surface area contributed by atoms with Gasteiger partial charge in [0.05, 0.1) is 6.61 Å². The van der Waals surface area contributed by atoms with E-state index in [9.17, 15) is 4.79 Å². The largest absolute Gasteiger partial charge is 0.450 e. The van der Waals surface area contributed by atoms with E-state index in [0.29, 0.717) is 6.61 Å². The first kappa shape index (κ1) is 14.0. The maximum atomic E-state index is 11.5. The van der Waals surface area contributed by atoms with Gasteiger partial charge in [-0.2, -0.15) is 0 Å². The molecular weight excluding hydrogens is 218 g/mol. The zero-order chi connectivity index (χ0) is 12.7. The summed E-state index contributed by atoms with van der Waals surface area (Å²) in [6.07, 6.45) is -0.193. The Morgan fingerprint density at radius 2 is 2.00 bits per heavy atom. The minimum atomic E-state index is -0.193. The fourth-order valence-electron chi connectivity index (χ4n) is 1.93. The lowest BCUT2D eigenvalue weighted by Gasteiger charge is -2.34. The predicted octanol–water partition coefficient (Wildman–Crippen LogP) is 0.536. The van der Waals surface area contributed by atoms with Crippen molar-refractivity contribution in [2.45, 2.75) is 6.92 Å². The van der Waals surface area contributed by atoms with Crippen molar-refractivity contribution in [2.75, 3.05) is 52.9 Å². The zero-order valence-electron chi connectivity index (χ0n) is 10.9. The number of ether oxygens (including phenoxy) is 1. The highest BCUT2D eigenvalue weighted by atomic mass is 16.6. The molecule has 98 valence electrons. The number of carbonyl (C=O) groups is 1. The van der Waals surface area contributed by atoms with Gasteiger partial charge in [-0.1, -0.05) is 6.58 Å². The summed E-state index contributed by atoms with van der Waals surface area (Å²) < 4.78 is 4.98. The van der Waals surface area contributed by atoms with Gasteiger partial charge >= 0.3 is 6.09 Å². The van der Waals surface area contributed by atoms with Crippen LogP contribution in [0.1, 0.15) is 6.92 Å². The van der Waals surface area contributed by atoms with Gasteiger partial charge in [0.1, 0.15) is 0 Å². The van der Waals surface area contributed by atoms with Crippen LogP contribution in [0.25, 0.3) is 0 Å². The van der Waals surface area contributed by atoms with Crippen molar-refractivity contribution in [1.29, 1.82) is 0 Å². The van der Waals surface area contributed by atoms with E-state index in [0.717, 1.165) is 39.3 Å². The van der Waals surface area contributed by atoms with Crippen molar-refractivity contribution in [3.05, 3.63) is 12.2 Å². The first-order valence-corrected chi connectivity index (χ1v) is 6.12. The van der Waals surface area contributed by atoms with Crippen LogP contribution in [0.4, 0.5) is 4.79 Å². The average molecular weight is 241 g/mol. The lowest BCUT2D eigenvalue weighted by atomic mass is 10.2. The van der Waals surface area contributed by atoms with Crippen LogP contribution < -0.4 is 5.32 Å². The lowest BCUT2D eigenvalue weighted by molar-refractivity contribution is 0.0819. The van der Waals surface area contributed by atoms with Crippen molar-refractivity contribution in [3.8, 4) is 0 Å². The van der Waals surface area contributed by atoms with Crippen LogP contribution in [0.15, 0.2) is 12.2 Å². The minimum absolute atomic E-state index is 0.193. The monoisotopic (exact) mass is 241 g/mol. The number of hydrogen-bond acceptors (Lipinski definition) is 4. The van der Waals surface area contributed by atoms with E-state index in [-0.39, 0.29) is 6.09 Å². The molecule has 0 aromatic carbocycles. The van der Waals surface area contributed by atoms with Crippen molar-refractivity contribution in [3.63, 3.8) is 0 Å². The van der Waals surface area contributed by atoms with Crippen molar-refractivity contribution in [2.24, 2.45) is 0 Å². The van der Waals surface area contributed by atoms with Crippen LogP contribution in [0.2, 0.25) is 0 Å². The predicted molar refractivity (Wildman–Crippen MR) is 68.1 cm³/mol. The van der Waals surface area contributed by atoms with Crippen LogP contribution >= 0.6 is 0 Å². The Morgan fingerprint density at radius 1 is 1.35 bits per heavy atom. The molecule has 0 aromatic rings. The van der Waals surface area contributed by atoms with Crippen molar-refractivity contribution >= 4 is 6.09 Å². The second kappa shape index (κ2) is 7.29. The Morgan fingerprint density at radius 3 is 2.53 bits per heavy atom. The molecule has 0 spiro atoms. The summed E-state index contributed by atoms with van der Waals surface area (Å²) in [7, 11) is 1.92. The Kier molecular flexibility index (Phi) is 6.00. The summed E-state index contributed by atoms with van der Waals surface area (Å²) in [5.41, 5.74) is 1.18. The van der Waals surface area contributed by atoms with Gasteiger partial charge in [0.2, 0.25) is 0 Å². The maximum absolute atomic E-state index is 11.5. The van der Waals surface area contributed by atoms with E-state index in [1.165, 1.54) is 5.57 Å². The third kappa shape index (κ3) is 4.75. The van der Waals surface area contributed by atoms with Gasteiger partial charge < -0.3 is 15.0 Å². The van der Waals surface area contributed by atoms with Gasteiger partial charge in [-0.3, -0.25) is 4.90 Å². The molecule has 17 heavy (non-hydrogen) atoms. The minimum Gasteiger partial charge on any atom is -0.450 e. The molecule has 0 saturated carbocycles. The van der Waals surface area contributed by atoms with E-state index in [1.54, 1.807) is 4.90 Å². The Balaban J connectivity index is 2.26. The summed E-state index contributed by atoms with van der Waals surface area (Å²) in [5, 5.41) is 3.09. The maximum Gasteiger partial charge on any atom is 0.409 e. The van der Waals surface area contributed by atoms with Gasteiger partial charge in [0.25, 0.3) is 0 Å². The summed E-state index contributed by atoms with van der Waals surface area (Å²) in [6.45, 7) is 11.3. The molecule has 1 saturated heterocycles. The Bertz CT molecular complexity index is 260. The zero-order valence-corrected chi connectivity index (χ0v) is 10.9. The van der Waals surface area contributed by atoms with Crippen molar-refractivity contribution in [1.82, 2.24) is 15.1 Å². The number of piperazine rings is 1. The molecule has 0 unspecified atom stereocenters. The number of amides is 1. The number of likely N-dealkylation sites (N-methyl/N-ethyl adjacent to an activating group) is 1. The molecular formula is C12H23N3O2. The molecule has 0 bridgehead atoms. The van der Waals surface area contributed by atoms with E-state index < -0.39 is 0 Å². The topological polar surface area (TPSA) is 44.8 Å². The van der Waals surface area contributed by atoms with Gasteiger partial charge in [-0.15, -0.1) is 0 Å². The van der Waals surface area contributed by atoms with Crippen LogP contribution in [-0.2, 0) is 4.74 Å². The van der Waals surface area contributed by atoms with E-state index >= 15 is 0 Å². The standard InChI is InChI=1S/C12H23N3O2/c1-4-17-12(16)15-7-5-14(6-8-15)10-11(2)9-13-3/h13H,2,4-10H2,1,3H3. The molecule has 0 atom stereocenters. The Hall–Kier alpha value is -1.07. The van der Waals surface area contributed by atoms with Gasteiger partial charge in [0.15, 0.2) is 0 Å². The lowest BCUT2D eigenvalue weighted by Crippen LogP contribution is -2.49. The summed E-state index contributed by atoms with van der Waals surface area (Å²) in [6, 6.07) is 0. The van der Waals surface area contributed by atoms with Crippen molar-refractivity contribution < 1.29 is 9.53 Å². The molecule has 0 radical (unpaired) electrons. The van der Waals surface area contributed by atoms with Crippen LogP contribution in [-0.4, -0.2) is 68.8 Å². The Labute approximate surface area is 103 Å². The third-order valence-electron chi connectivity index (χ3n) is 2.77. The molecule has 0 aliphatic carbocycles. The molecule has 1 fully saturated rings. The van der Waals surface area contributed by atoms with E-state index in [4.69, 9.17) is 4.74 Å². The SMILES string of the molecule is C=C(CNC)CN1CCN(C(=O)OCC)CC1. The summed E-state index contributed by atoms with van der Waals surface area (Å²) in [5.74, 6) is 0. The summed E-state index contributed by atoms with van der Waals surface area (Å²) >= 11 is 0. The number of rotatable bonds is 5. The average Bonchev–Trinajstić information content (AvgIpc) is 2.30. The number of nitrogens with zero attached hydrogens (tertiary/aromatic N) is 2. The second-order valence-corrected chi connectivity index (χ2v) is 4.24. The molecule has 1 heterocycles. The number of nitrogens with one attached hydrogen (secondary N) is 1. The van der Waals surface area contributed by atoms with Crippen LogP contribution in [0.3, 0.4) is 0 Å². The highest BCUT2D eigenvalue weighted by Gasteiger charge is 2.21. The summed E-state index contributed by atoms with van der Waals surface area (Å²) in [4.78, 5) is 15.6. The molecule has 1 rings (SSSR count). The van der Waals surface area contributed by atoms with Gasteiger partial charge in [-0.25, -0.2) is 4.79 Å². The smallest absolute Gasteiger partial charge is 0.409 e. The van der Waals surface area contributed by atoms with Crippen LogP contribution in [0, 0.1) is 0 Å². The highest BCUT2D eigenvalue weighted by Crippen LogP contribution is 2.05. The van der Waals surface area contributed by atoms with Crippen LogP contribution in [0.5, 0.6) is 0 Å². The first-order chi connectivity index (χ1) is 8.17. The number of hydrogen-bond donors (Lipinski definition) is 1. The van der Waals surface area contributed by atoms with E-state index in [1.807, 2.05) is 14.0 Å². The van der Waals surface area contributed by atoms with Gasteiger partial charge in [0, 0.05) is 39.3 Å².